The van der Waals surface area contributed by atoms with Crippen molar-refractivity contribution >= 4 is 74.1 Å². The van der Waals surface area contributed by atoms with Crippen LogP contribution in [0, 0.1) is 0 Å². The number of aromatic nitrogens is 1. The van der Waals surface area contributed by atoms with E-state index in [1.54, 1.807) is 29.7 Å². The van der Waals surface area contributed by atoms with Crippen LogP contribution in [0.25, 0.3) is 10.2 Å². The lowest BCUT2D eigenvalue weighted by Crippen LogP contribution is -2.30. The second-order valence-electron chi connectivity index (χ2n) is 6.30. The molecule has 1 heterocycles. The number of benzene rings is 2. The number of hydrogen-bond donors (Lipinski definition) is 0. The summed E-state index contributed by atoms with van der Waals surface area (Å²) in [5, 5.41) is 1.57. The van der Waals surface area contributed by atoms with Crippen LogP contribution in [0.5, 0.6) is 0 Å². The zero-order valence-corrected chi connectivity index (χ0v) is 19.6. The highest BCUT2D eigenvalue weighted by molar-refractivity contribution is 7.98. The number of halogens is 2. The molecular formula is C21H20Cl2N2O3S2. The van der Waals surface area contributed by atoms with E-state index in [9.17, 15) is 9.59 Å². The summed E-state index contributed by atoms with van der Waals surface area (Å²) in [7, 11) is 0. The third-order valence-electron chi connectivity index (χ3n) is 4.30. The monoisotopic (exact) mass is 482 g/mol. The molecule has 0 saturated carbocycles. The van der Waals surface area contributed by atoms with Crippen LogP contribution in [0.15, 0.2) is 41.3 Å². The maximum Gasteiger partial charge on any atom is 0.306 e. The van der Waals surface area contributed by atoms with Crippen molar-refractivity contribution in [3.05, 3.63) is 51.5 Å². The molecule has 1 amide bonds. The van der Waals surface area contributed by atoms with Crippen LogP contribution in [-0.4, -0.2) is 29.7 Å². The first-order chi connectivity index (χ1) is 14.4. The van der Waals surface area contributed by atoms with Gasteiger partial charge in [0.2, 0.25) is 5.91 Å². The van der Waals surface area contributed by atoms with Crippen LogP contribution in [0.1, 0.15) is 24.8 Å². The molecule has 3 aromatic rings. The summed E-state index contributed by atoms with van der Waals surface area (Å²) < 4.78 is 5.85. The molecule has 0 aliphatic heterocycles. The number of fused-ring (bicyclic) bond motifs is 1. The Morgan fingerprint density at radius 1 is 1.20 bits per heavy atom. The third-order valence-corrected chi connectivity index (χ3v) is 6.83. The summed E-state index contributed by atoms with van der Waals surface area (Å²) in [5.74, 6) is -0.560. The van der Waals surface area contributed by atoms with Crippen molar-refractivity contribution in [1.82, 2.24) is 4.98 Å². The number of ether oxygens (including phenoxy) is 1. The van der Waals surface area contributed by atoms with Crippen LogP contribution in [0.3, 0.4) is 0 Å². The maximum absolute atomic E-state index is 13.0. The standard InChI is InChI=1S/C21H20Cl2N2O3S2/c1-3-28-19(27)10-9-18(26)25(13-5-4-6-14(11-13)29-2)12-17-24-21-16(30-17)8-7-15(22)20(21)23/h4-8,11H,3,9-10,12H2,1-2H3. The number of nitrogens with zero attached hydrogens (tertiary/aromatic N) is 2. The van der Waals surface area contributed by atoms with Crippen LogP contribution in [-0.2, 0) is 20.9 Å². The fourth-order valence-corrected chi connectivity index (χ4v) is 4.70. The average molecular weight is 483 g/mol. The maximum atomic E-state index is 13.0. The largest absolute Gasteiger partial charge is 0.466 e. The number of hydrogen-bond acceptors (Lipinski definition) is 6. The number of esters is 1. The number of thiazole rings is 1. The highest BCUT2D eigenvalue weighted by Crippen LogP contribution is 2.34. The third kappa shape index (κ3) is 5.46. The van der Waals surface area contributed by atoms with E-state index in [0.717, 1.165) is 20.3 Å². The van der Waals surface area contributed by atoms with Gasteiger partial charge >= 0.3 is 5.97 Å². The lowest BCUT2D eigenvalue weighted by molar-refractivity contribution is -0.144. The van der Waals surface area contributed by atoms with E-state index in [0.29, 0.717) is 22.2 Å². The topological polar surface area (TPSA) is 59.5 Å². The molecule has 0 saturated heterocycles. The lowest BCUT2D eigenvalue weighted by atomic mass is 10.2. The molecule has 1 aromatic heterocycles. The Morgan fingerprint density at radius 3 is 2.73 bits per heavy atom. The fourth-order valence-electron chi connectivity index (χ4n) is 2.87. The van der Waals surface area contributed by atoms with E-state index in [1.807, 2.05) is 36.6 Å². The van der Waals surface area contributed by atoms with E-state index in [-0.39, 0.29) is 31.3 Å². The van der Waals surface area contributed by atoms with Gasteiger partial charge in [0.15, 0.2) is 0 Å². The van der Waals surface area contributed by atoms with E-state index < -0.39 is 0 Å². The lowest BCUT2D eigenvalue weighted by Gasteiger charge is -2.22. The summed E-state index contributed by atoms with van der Waals surface area (Å²) in [6, 6.07) is 11.3. The molecule has 2 aromatic carbocycles. The first-order valence-corrected chi connectivity index (χ1v) is 12.1. The molecule has 0 aliphatic rings. The van der Waals surface area contributed by atoms with Gasteiger partial charge in [-0.2, -0.15) is 0 Å². The molecule has 0 fully saturated rings. The van der Waals surface area contributed by atoms with E-state index >= 15 is 0 Å². The number of rotatable bonds is 8. The molecule has 0 N–H and O–H groups in total. The quantitative estimate of drug-likeness (QED) is 0.282. The minimum atomic E-state index is -0.384. The molecule has 158 valence electrons. The Hall–Kier alpha value is -1.80. The van der Waals surface area contributed by atoms with Crippen molar-refractivity contribution < 1.29 is 14.3 Å². The van der Waals surface area contributed by atoms with Gasteiger partial charge in [-0.3, -0.25) is 9.59 Å². The summed E-state index contributed by atoms with van der Waals surface area (Å²) in [4.78, 5) is 32.0. The Balaban J connectivity index is 1.89. The number of carbonyl (C=O) groups excluding carboxylic acids is 2. The van der Waals surface area contributed by atoms with Crippen LogP contribution in [0.4, 0.5) is 5.69 Å². The summed E-state index contributed by atoms with van der Waals surface area (Å²) in [5.41, 5.74) is 1.38. The predicted molar refractivity (Wildman–Crippen MR) is 125 cm³/mol. The SMILES string of the molecule is CCOC(=O)CCC(=O)N(Cc1nc2c(Cl)c(Cl)ccc2s1)c1cccc(SC)c1. The Labute approximate surface area is 193 Å². The Morgan fingerprint density at radius 2 is 2.00 bits per heavy atom. The second-order valence-corrected chi connectivity index (χ2v) is 9.08. The van der Waals surface area contributed by atoms with Gasteiger partial charge < -0.3 is 9.64 Å². The number of thioether (sulfide) groups is 1. The Kier molecular flexibility index (Phi) is 7.99. The second kappa shape index (κ2) is 10.5. The van der Waals surface area contributed by atoms with E-state index in [1.165, 1.54) is 11.3 Å². The zero-order valence-electron chi connectivity index (χ0n) is 16.5. The number of amides is 1. The summed E-state index contributed by atoms with van der Waals surface area (Å²) >= 11 is 15.4. The van der Waals surface area contributed by atoms with Crippen LogP contribution in [0.2, 0.25) is 10.0 Å². The molecule has 0 aliphatic carbocycles. The normalized spacial score (nSPS) is 10.9. The summed E-state index contributed by atoms with van der Waals surface area (Å²) in [6.07, 6.45) is 2.07. The van der Waals surface area contributed by atoms with Gasteiger partial charge in [-0.25, -0.2) is 4.98 Å². The molecule has 0 atom stereocenters. The van der Waals surface area contributed by atoms with Crippen molar-refractivity contribution in [2.75, 3.05) is 17.8 Å². The van der Waals surface area contributed by atoms with Gasteiger partial charge in [-0.05, 0) is 43.5 Å². The van der Waals surface area contributed by atoms with Crippen molar-refractivity contribution in [3.8, 4) is 0 Å². The molecule has 0 spiro atoms. The average Bonchev–Trinajstić information content (AvgIpc) is 3.17. The molecule has 0 unspecified atom stereocenters. The molecule has 5 nitrogen and oxygen atoms in total. The van der Waals surface area contributed by atoms with Gasteiger partial charge in [-0.15, -0.1) is 23.1 Å². The molecule has 3 rings (SSSR count). The fraction of sp³-hybridized carbons (Fsp3) is 0.286. The Bertz CT molecular complexity index is 1070. The van der Waals surface area contributed by atoms with Gasteiger partial charge in [0, 0.05) is 17.0 Å². The van der Waals surface area contributed by atoms with Crippen molar-refractivity contribution in [1.29, 1.82) is 0 Å². The molecule has 0 radical (unpaired) electrons. The van der Waals surface area contributed by atoms with Crippen LogP contribution >= 0.6 is 46.3 Å². The molecule has 0 bridgehead atoms. The van der Waals surface area contributed by atoms with Crippen molar-refractivity contribution in [2.24, 2.45) is 0 Å². The number of carbonyl (C=O) groups is 2. The predicted octanol–water partition coefficient (Wildman–Crippen LogP) is 6.20. The highest BCUT2D eigenvalue weighted by atomic mass is 35.5. The minimum absolute atomic E-state index is 0.0344. The zero-order chi connectivity index (χ0) is 21.7. The molecular weight excluding hydrogens is 463 g/mol. The van der Waals surface area contributed by atoms with Gasteiger partial charge in [0.05, 0.1) is 34.3 Å². The van der Waals surface area contributed by atoms with E-state index in [4.69, 9.17) is 27.9 Å². The van der Waals surface area contributed by atoms with Crippen LogP contribution < -0.4 is 4.90 Å². The molecule has 30 heavy (non-hydrogen) atoms. The van der Waals surface area contributed by atoms with Gasteiger partial charge in [-0.1, -0.05) is 29.3 Å². The van der Waals surface area contributed by atoms with Crippen molar-refractivity contribution in [2.45, 2.75) is 31.2 Å². The van der Waals surface area contributed by atoms with Crippen molar-refractivity contribution in [3.63, 3.8) is 0 Å². The first-order valence-electron chi connectivity index (χ1n) is 9.26. The number of anilines is 1. The summed E-state index contributed by atoms with van der Waals surface area (Å²) in [6.45, 7) is 2.30. The highest BCUT2D eigenvalue weighted by Gasteiger charge is 2.21. The smallest absolute Gasteiger partial charge is 0.306 e. The van der Waals surface area contributed by atoms with E-state index in [2.05, 4.69) is 4.98 Å². The van der Waals surface area contributed by atoms with Gasteiger partial charge in [0.1, 0.15) is 10.5 Å². The minimum Gasteiger partial charge on any atom is -0.466 e. The first kappa shape index (κ1) is 22.9. The molecule has 9 heteroatoms. The van der Waals surface area contributed by atoms with Gasteiger partial charge in [0.25, 0.3) is 0 Å².